The van der Waals surface area contributed by atoms with Crippen molar-refractivity contribution in [2.24, 2.45) is 0 Å². The maximum Gasteiger partial charge on any atom is 0.242 e. The van der Waals surface area contributed by atoms with Gasteiger partial charge in [0.05, 0.1) is 5.54 Å². The van der Waals surface area contributed by atoms with E-state index in [1.807, 2.05) is 29.2 Å². The van der Waals surface area contributed by atoms with Crippen LogP contribution in [0.3, 0.4) is 0 Å². The van der Waals surface area contributed by atoms with E-state index < -0.39 is 0 Å². The van der Waals surface area contributed by atoms with Gasteiger partial charge in [0.15, 0.2) is 0 Å². The molecular weight excluding hydrogens is 369 g/mol. The van der Waals surface area contributed by atoms with Crippen LogP contribution in [0.1, 0.15) is 26.2 Å². The number of carbonyl (C=O) groups is 1. The van der Waals surface area contributed by atoms with E-state index in [0.29, 0.717) is 0 Å². The molecule has 2 aliphatic heterocycles. The van der Waals surface area contributed by atoms with Crippen LogP contribution in [0.5, 0.6) is 0 Å². The van der Waals surface area contributed by atoms with Crippen LogP contribution in [0, 0.1) is 0 Å². The molecule has 2 saturated heterocycles. The summed E-state index contributed by atoms with van der Waals surface area (Å²) in [4.78, 5) is 17.1. The Hall–Kier alpha value is -0.680. The van der Waals surface area contributed by atoms with Crippen LogP contribution in [0.2, 0.25) is 5.02 Å². The summed E-state index contributed by atoms with van der Waals surface area (Å²) in [6, 6.07) is 7.93. The second-order valence-corrected chi connectivity index (χ2v) is 6.91. The van der Waals surface area contributed by atoms with Crippen molar-refractivity contribution in [3.05, 3.63) is 29.3 Å². The minimum atomic E-state index is -0.360. The molecule has 0 spiro atoms. The predicted molar refractivity (Wildman–Crippen MR) is 105 cm³/mol. The minimum absolute atomic E-state index is 0. The molecule has 0 radical (unpaired) electrons. The molecule has 3 rings (SSSR count). The molecule has 1 N–H and O–H groups in total. The Balaban J connectivity index is 0.00000144. The van der Waals surface area contributed by atoms with Crippen LogP contribution in [0.25, 0.3) is 0 Å². The number of piperidine rings is 1. The van der Waals surface area contributed by atoms with E-state index in [1.165, 1.54) is 12.1 Å². The van der Waals surface area contributed by atoms with Crippen LogP contribution < -0.4 is 10.2 Å². The Morgan fingerprint density at radius 2 is 1.71 bits per heavy atom. The van der Waals surface area contributed by atoms with E-state index in [1.54, 1.807) is 0 Å². The first-order chi connectivity index (χ1) is 10.6. The zero-order valence-corrected chi connectivity index (χ0v) is 16.4. The van der Waals surface area contributed by atoms with Crippen molar-refractivity contribution in [3.8, 4) is 0 Å². The van der Waals surface area contributed by atoms with Crippen molar-refractivity contribution in [1.29, 1.82) is 0 Å². The van der Waals surface area contributed by atoms with Crippen molar-refractivity contribution in [2.75, 3.05) is 37.6 Å². The minimum Gasteiger partial charge on any atom is -0.368 e. The van der Waals surface area contributed by atoms with Gasteiger partial charge in [-0.1, -0.05) is 11.6 Å². The first kappa shape index (κ1) is 21.4. The third kappa shape index (κ3) is 4.69. The number of anilines is 1. The van der Waals surface area contributed by atoms with Crippen LogP contribution in [-0.4, -0.2) is 49.1 Å². The van der Waals surface area contributed by atoms with E-state index in [2.05, 4.69) is 17.1 Å². The molecule has 1 aromatic rings. The molecule has 2 fully saturated rings. The topological polar surface area (TPSA) is 35.6 Å². The van der Waals surface area contributed by atoms with Gasteiger partial charge in [-0.25, -0.2) is 0 Å². The molecule has 0 bridgehead atoms. The van der Waals surface area contributed by atoms with E-state index in [9.17, 15) is 4.79 Å². The van der Waals surface area contributed by atoms with Crippen LogP contribution >= 0.6 is 36.4 Å². The molecule has 7 heteroatoms. The SMILES string of the molecule is CC1(C(=O)N2CCN(c3ccc(Cl)cc3)CC2)CCCCN1.Cl.Cl. The summed E-state index contributed by atoms with van der Waals surface area (Å²) < 4.78 is 0. The number of hydrogen-bond acceptors (Lipinski definition) is 3. The monoisotopic (exact) mass is 393 g/mol. The molecule has 1 aromatic carbocycles. The summed E-state index contributed by atoms with van der Waals surface area (Å²) >= 11 is 5.94. The average molecular weight is 395 g/mol. The summed E-state index contributed by atoms with van der Waals surface area (Å²) in [5.74, 6) is 0.267. The van der Waals surface area contributed by atoms with Crippen LogP contribution in [0.4, 0.5) is 5.69 Å². The van der Waals surface area contributed by atoms with Gasteiger partial charge >= 0.3 is 0 Å². The molecule has 2 heterocycles. The Kier molecular flexibility index (Phi) is 8.13. The summed E-state index contributed by atoms with van der Waals surface area (Å²) in [6.45, 7) is 6.34. The normalized spacial score (nSPS) is 23.9. The van der Waals surface area contributed by atoms with Crippen LogP contribution in [-0.2, 0) is 4.79 Å². The van der Waals surface area contributed by atoms with Crippen molar-refractivity contribution in [2.45, 2.75) is 31.7 Å². The molecule has 0 saturated carbocycles. The van der Waals surface area contributed by atoms with Gasteiger partial charge in [-0.05, 0) is 57.0 Å². The van der Waals surface area contributed by atoms with Crippen LogP contribution in [0.15, 0.2) is 24.3 Å². The van der Waals surface area contributed by atoms with Gasteiger partial charge in [0.25, 0.3) is 0 Å². The van der Waals surface area contributed by atoms with Gasteiger partial charge in [-0.2, -0.15) is 0 Å². The van der Waals surface area contributed by atoms with E-state index >= 15 is 0 Å². The fourth-order valence-corrected chi connectivity index (χ4v) is 3.53. The van der Waals surface area contributed by atoms with Crippen molar-refractivity contribution < 1.29 is 4.79 Å². The standard InChI is InChI=1S/C17H24ClN3O.2ClH/c1-17(8-2-3-9-19-17)16(22)21-12-10-20(11-13-21)15-6-4-14(18)5-7-15;;/h4-7,19H,2-3,8-13H2,1H3;2*1H. The smallest absolute Gasteiger partial charge is 0.242 e. The second kappa shape index (κ2) is 9.14. The van der Waals surface area contributed by atoms with E-state index in [4.69, 9.17) is 11.6 Å². The molecule has 1 atom stereocenters. The lowest BCUT2D eigenvalue weighted by atomic mass is 9.89. The van der Waals surface area contributed by atoms with E-state index in [-0.39, 0.29) is 36.3 Å². The van der Waals surface area contributed by atoms with Gasteiger partial charge in [0.2, 0.25) is 5.91 Å². The number of hydrogen-bond donors (Lipinski definition) is 1. The fourth-order valence-electron chi connectivity index (χ4n) is 3.41. The molecule has 1 unspecified atom stereocenters. The molecule has 0 aliphatic carbocycles. The molecule has 4 nitrogen and oxygen atoms in total. The summed E-state index contributed by atoms with van der Waals surface area (Å²) in [7, 11) is 0. The molecule has 24 heavy (non-hydrogen) atoms. The van der Waals surface area contributed by atoms with Crippen molar-refractivity contribution >= 4 is 48.0 Å². The predicted octanol–water partition coefficient (Wildman–Crippen LogP) is 3.36. The van der Waals surface area contributed by atoms with Crippen molar-refractivity contribution in [1.82, 2.24) is 10.2 Å². The fraction of sp³-hybridized carbons (Fsp3) is 0.588. The zero-order valence-electron chi connectivity index (χ0n) is 14.0. The first-order valence-corrected chi connectivity index (χ1v) is 8.51. The van der Waals surface area contributed by atoms with Crippen molar-refractivity contribution in [3.63, 3.8) is 0 Å². The molecule has 0 aromatic heterocycles. The second-order valence-electron chi connectivity index (χ2n) is 6.47. The quantitative estimate of drug-likeness (QED) is 0.835. The third-order valence-electron chi connectivity index (χ3n) is 4.85. The van der Waals surface area contributed by atoms with Gasteiger partial charge < -0.3 is 15.1 Å². The number of halogens is 3. The molecule has 1 amide bonds. The lowest BCUT2D eigenvalue weighted by molar-refractivity contribution is -0.139. The van der Waals surface area contributed by atoms with Gasteiger partial charge in [-0.3, -0.25) is 4.79 Å². The Morgan fingerprint density at radius 1 is 1.08 bits per heavy atom. The number of nitrogens with one attached hydrogen (secondary N) is 1. The third-order valence-corrected chi connectivity index (χ3v) is 5.10. The highest BCUT2D eigenvalue weighted by molar-refractivity contribution is 6.30. The largest absolute Gasteiger partial charge is 0.368 e. The highest BCUT2D eigenvalue weighted by Crippen LogP contribution is 2.24. The maximum absolute atomic E-state index is 12.8. The van der Waals surface area contributed by atoms with Gasteiger partial charge in [-0.15, -0.1) is 24.8 Å². The molecule has 2 aliphatic rings. The number of amides is 1. The average Bonchev–Trinajstić information content (AvgIpc) is 2.56. The summed E-state index contributed by atoms with van der Waals surface area (Å²) in [5.41, 5.74) is 0.819. The Bertz CT molecular complexity index is 524. The van der Waals surface area contributed by atoms with Gasteiger partial charge in [0, 0.05) is 36.9 Å². The number of piperazine rings is 1. The summed E-state index contributed by atoms with van der Waals surface area (Å²) in [6.07, 6.45) is 3.26. The molecular formula is C17H26Cl3N3O. The number of nitrogens with zero attached hydrogens (tertiary/aromatic N) is 2. The zero-order chi connectivity index (χ0) is 15.6. The Labute approximate surface area is 161 Å². The summed E-state index contributed by atoms with van der Waals surface area (Å²) in [5, 5.41) is 4.18. The number of rotatable bonds is 2. The lowest BCUT2D eigenvalue weighted by Gasteiger charge is -2.42. The Morgan fingerprint density at radius 3 is 2.25 bits per heavy atom. The van der Waals surface area contributed by atoms with Gasteiger partial charge in [0.1, 0.15) is 0 Å². The van der Waals surface area contributed by atoms with E-state index in [0.717, 1.165) is 50.6 Å². The molecule has 136 valence electrons. The lowest BCUT2D eigenvalue weighted by Crippen LogP contribution is -2.61. The first-order valence-electron chi connectivity index (χ1n) is 8.13. The number of carbonyl (C=O) groups excluding carboxylic acids is 1. The highest BCUT2D eigenvalue weighted by atomic mass is 35.5. The number of benzene rings is 1. The highest BCUT2D eigenvalue weighted by Gasteiger charge is 2.38. The maximum atomic E-state index is 12.8.